The summed E-state index contributed by atoms with van der Waals surface area (Å²) in [6, 6.07) is 6.82. The lowest BCUT2D eigenvalue weighted by atomic mass is 10.2. The maximum atomic E-state index is 10.9. The van der Waals surface area contributed by atoms with Gasteiger partial charge in [-0.05, 0) is 30.4 Å². The summed E-state index contributed by atoms with van der Waals surface area (Å²) in [7, 11) is 0. The summed E-state index contributed by atoms with van der Waals surface area (Å²) >= 11 is 5.02. The summed E-state index contributed by atoms with van der Waals surface area (Å²) in [6.07, 6.45) is 1.70. The highest BCUT2D eigenvalue weighted by molar-refractivity contribution is 7.80. The molecule has 0 aliphatic rings. The van der Waals surface area contributed by atoms with E-state index in [-0.39, 0.29) is 0 Å². The SMILES string of the molecule is C=CCNC(=S)Nc1cccc(C(N)=O)c1. The van der Waals surface area contributed by atoms with Gasteiger partial charge in [-0.1, -0.05) is 12.1 Å². The summed E-state index contributed by atoms with van der Waals surface area (Å²) < 4.78 is 0. The Hall–Kier alpha value is -1.88. The molecule has 0 radical (unpaired) electrons. The maximum absolute atomic E-state index is 10.9. The molecule has 0 aromatic heterocycles. The number of hydrogen-bond acceptors (Lipinski definition) is 2. The second kappa shape index (κ2) is 5.87. The van der Waals surface area contributed by atoms with E-state index in [9.17, 15) is 4.79 Å². The third kappa shape index (κ3) is 3.70. The number of benzene rings is 1. The first-order valence-electron chi connectivity index (χ1n) is 4.69. The summed E-state index contributed by atoms with van der Waals surface area (Å²) in [5, 5.41) is 6.33. The average Bonchev–Trinajstić information content (AvgIpc) is 2.26. The lowest BCUT2D eigenvalue weighted by Gasteiger charge is -2.09. The molecule has 0 saturated carbocycles. The number of carbonyl (C=O) groups excluding carboxylic acids is 1. The van der Waals surface area contributed by atoms with Gasteiger partial charge in [-0.15, -0.1) is 6.58 Å². The third-order valence-electron chi connectivity index (χ3n) is 1.81. The molecule has 16 heavy (non-hydrogen) atoms. The second-order valence-electron chi connectivity index (χ2n) is 3.07. The van der Waals surface area contributed by atoms with Crippen molar-refractivity contribution in [1.82, 2.24) is 5.32 Å². The Kier molecular flexibility index (Phi) is 4.47. The van der Waals surface area contributed by atoms with E-state index in [1.54, 1.807) is 30.3 Å². The van der Waals surface area contributed by atoms with Crippen LogP contribution in [0.2, 0.25) is 0 Å². The molecule has 4 nitrogen and oxygen atoms in total. The molecule has 84 valence electrons. The van der Waals surface area contributed by atoms with Gasteiger partial charge in [0.25, 0.3) is 0 Å². The van der Waals surface area contributed by atoms with Crippen LogP contribution >= 0.6 is 12.2 Å². The molecule has 5 heteroatoms. The van der Waals surface area contributed by atoms with Crippen LogP contribution in [0.25, 0.3) is 0 Å². The maximum Gasteiger partial charge on any atom is 0.248 e. The van der Waals surface area contributed by atoms with Gasteiger partial charge in [0.15, 0.2) is 5.11 Å². The van der Waals surface area contributed by atoms with Crippen LogP contribution in [0.3, 0.4) is 0 Å². The smallest absolute Gasteiger partial charge is 0.248 e. The number of hydrogen-bond donors (Lipinski definition) is 3. The van der Waals surface area contributed by atoms with E-state index in [1.807, 2.05) is 0 Å². The van der Waals surface area contributed by atoms with Crippen molar-refractivity contribution < 1.29 is 4.79 Å². The van der Waals surface area contributed by atoms with E-state index < -0.39 is 5.91 Å². The number of thiocarbonyl (C=S) groups is 1. The van der Waals surface area contributed by atoms with E-state index in [0.29, 0.717) is 17.2 Å². The molecule has 0 fully saturated rings. The zero-order valence-corrected chi connectivity index (χ0v) is 9.51. The molecule has 1 rings (SSSR count). The number of carbonyl (C=O) groups is 1. The second-order valence-corrected chi connectivity index (χ2v) is 3.48. The number of amides is 1. The quantitative estimate of drug-likeness (QED) is 0.543. The van der Waals surface area contributed by atoms with Crippen molar-refractivity contribution >= 4 is 28.9 Å². The van der Waals surface area contributed by atoms with Crippen molar-refractivity contribution in [2.75, 3.05) is 11.9 Å². The number of primary amides is 1. The van der Waals surface area contributed by atoms with E-state index in [2.05, 4.69) is 17.2 Å². The number of anilines is 1. The Morgan fingerprint density at radius 2 is 2.31 bits per heavy atom. The molecule has 0 bridgehead atoms. The van der Waals surface area contributed by atoms with Crippen molar-refractivity contribution in [3.05, 3.63) is 42.5 Å². The van der Waals surface area contributed by atoms with E-state index in [0.717, 1.165) is 5.69 Å². The molecule has 0 aliphatic carbocycles. The Balaban J connectivity index is 2.66. The standard InChI is InChI=1S/C11H13N3OS/c1-2-6-13-11(16)14-9-5-3-4-8(7-9)10(12)15/h2-5,7H,1,6H2,(H2,12,15)(H2,13,14,16). The fourth-order valence-electron chi connectivity index (χ4n) is 1.09. The predicted octanol–water partition coefficient (Wildman–Crippen LogP) is 1.26. The van der Waals surface area contributed by atoms with Crippen LogP contribution < -0.4 is 16.4 Å². The minimum absolute atomic E-state index is 0.441. The predicted molar refractivity (Wildman–Crippen MR) is 69.4 cm³/mol. The fourth-order valence-corrected chi connectivity index (χ4v) is 1.29. The number of nitrogens with one attached hydrogen (secondary N) is 2. The fraction of sp³-hybridized carbons (Fsp3) is 0.0909. The third-order valence-corrected chi connectivity index (χ3v) is 2.06. The largest absolute Gasteiger partial charge is 0.366 e. The first-order chi connectivity index (χ1) is 7.63. The molecule has 1 aromatic carbocycles. The molecule has 4 N–H and O–H groups in total. The van der Waals surface area contributed by atoms with Gasteiger partial charge in [-0.2, -0.15) is 0 Å². The molecule has 0 heterocycles. The van der Waals surface area contributed by atoms with Crippen molar-refractivity contribution in [2.24, 2.45) is 5.73 Å². The first-order valence-corrected chi connectivity index (χ1v) is 5.10. The molecule has 0 unspecified atom stereocenters. The highest BCUT2D eigenvalue weighted by atomic mass is 32.1. The molecule has 0 aliphatic heterocycles. The van der Waals surface area contributed by atoms with Crippen molar-refractivity contribution in [2.45, 2.75) is 0 Å². The Morgan fingerprint density at radius 1 is 1.56 bits per heavy atom. The zero-order chi connectivity index (χ0) is 12.0. The van der Waals surface area contributed by atoms with E-state index >= 15 is 0 Å². The monoisotopic (exact) mass is 235 g/mol. The normalized spacial score (nSPS) is 9.25. The lowest BCUT2D eigenvalue weighted by molar-refractivity contribution is 0.100. The lowest BCUT2D eigenvalue weighted by Crippen LogP contribution is -2.28. The summed E-state index contributed by atoms with van der Waals surface area (Å²) in [4.78, 5) is 10.9. The van der Waals surface area contributed by atoms with Crippen LogP contribution in [-0.4, -0.2) is 17.6 Å². The van der Waals surface area contributed by atoms with Gasteiger partial charge in [-0.25, -0.2) is 0 Å². The minimum atomic E-state index is -0.464. The van der Waals surface area contributed by atoms with Crippen molar-refractivity contribution in [3.63, 3.8) is 0 Å². The van der Waals surface area contributed by atoms with Crippen molar-refractivity contribution in [3.8, 4) is 0 Å². The molecule has 0 atom stereocenters. The Bertz CT molecular complexity index is 417. The van der Waals surface area contributed by atoms with Crippen LogP contribution in [0.4, 0.5) is 5.69 Å². The molecule has 1 amide bonds. The molecular formula is C11H13N3OS. The van der Waals surface area contributed by atoms with Crippen LogP contribution in [0.5, 0.6) is 0 Å². The summed E-state index contributed by atoms with van der Waals surface area (Å²) in [5.74, 6) is -0.464. The van der Waals surface area contributed by atoms with Gasteiger partial charge in [-0.3, -0.25) is 4.79 Å². The molecular weight excluding hydrogens is 222 g/mol. The van der Waals surface area contributed by atoms with Gasteiger partial charge in [0.1, 0.15) is 0 Å². The summed E-state index contributed by atoms with van der Waals surface area (Å²) in [5.41, 5.74) is 6.33. The number of nitrogens with two attached hydrogens (primary N) is 1. The average molecular weight is 235 g/mol. The van der Waals surface area contributed by atoms with Crippen LogP contribution in [0.1, 0.15) is 10.4 Å². The van der Waals surface area contributed by atoms with Gasteiger partial charge in [0.2, 0.25) is 5.91 Å². The van der Waals surface area contributed by atoms with Gasteiger partial charge in [0, 0.05) is 17.8 Å². The van der Waals surface area contributed by atoms with Crippen LogP contribution in [-0.2, 0) is 0 Å². The molecule has 0 saturated heterocycles. The van der Waals surface area contributed by atoms with Gasteiger partial charge >= 0.3 is 0 Å². The molecule has 1 aromatic rings. The van der Waals surface area contributed by atoms with E-state index in [1.165, 1.54) is 0 Å². The van der Waals surface area contributed by atoms with Crippen molar-refractivity contribution in [1.29, 1.82) is 0 Å². The highest BCUT2D eigenvalue weighted by Crippen LogP contribution is 2.09. The summed E-state index contributed by atoms with van der Waals surface area (Å²) in [6.45, 7) is 4.15. The minimum Gasteiger partial charge on any atom is -0.366 e. The van der Waals surface area contributed by atoms with Crippen LogP contribution in [0, 0.1) is 0 Å². The number of rotatable bonds is 4. The van der Waals surface area contributed by atoms with E-state index in [4.69, 9.17) is 18.0 Å². The molecule has 0 spiro atoms. The zero-order valence-electron chi connectivity index (χ0n) is 8.69. The van der Waals surface area contributed by atoms with Gasteiger partial charge in [0.05, 0.1) is 0 Å². The highest BCUT2D eigenvalue weighted by Gasteiger charge is 2.01. The Morgan fingerprint density at radius 3 is 2.94 bits per heavy atom. The first kappa shape index (κ1) is 12.2. The van der Waals surface area contributed by atoms with Gasteiger partial charge < -0.3 is 16.4 Å². The van der Waals surface area contributed by atoms with Crippen LogP contribution in [0.15, 0.2) is 36.9 Å². The Labute approximate surface area is 99.5 Å². The topological polar surface area (TPSA) is 67.2 Å².